The molecular formula is C18H24N2O4. The Kier molecular flexibility index (Phi) is 5.35. The van der Waals surface area contributed by atoms with Gasteiger partial charge in [0.15, 0.2) is 0 Å². The zero-order valence-electron chi connectivity index (χ0n) is 14.0. The van der Waals surface area contributed by atoms with Crippen LogP contribution in [0.5, 0.6) is 5.75 Å². The zero-order chi connectivity index (χ0) is 16.9. The van der Waals surface area contributed by atoms with E-state index in [-0.39, 0.29) is 23.7 Å². The first-order valence-electron chi connectivity index (χ1n) is 8.46. The van der Waals surface area contributed by atoms with E-state index in [2.05, 4.69) is 5.32 Å². The number of methoxy groups -OCH3 is 1. The smallest absolute Gasteiger partial charge is 0.226 e. The molecule has 0 aromatic heterocycles. The van der Waals surface area contributed by atoms with E-state index in [4.69, 9.17) is 9.47 Å². The predicted octanol–water partition coefficient (Wildman–Crippen LogP) is 0.849. The Morgan fingerprint density at radius 1 is 1.21 bits per heavy atom. The molecule has 1 aliphatic carbocycles. The third-order valence-electron chi connectivity index (χ3n) is 4.64. The van der Waals surface area contributed by atoms with Crippen molar-refractivity contribution in [2.24, 2.45) is 11.8 Å². The highest BCUT2D eigenvalue weighted by Crippen LogP contribution is 2.40. The lowest BCUT2D eigenvalue weighted by molar-refractivity contribution is -0.138. The number of ether oxygens (including phenoxy) is 2. The molecule has 2 aliphatic rings. The maximum Gasteiger partial charge on any atom is 0.226 e. The molecule has 0 bridgehead atoms. The zero-order valence-corrected chi connectivity index (χ0v) is 14.0. The topological polar surface area (TPSA) is 67.9 Å². The van der Waals surface area contributed by atoms with Gasteiger partial charge in [0.25, 0.3) is 0 Å². The number of benzene rings is 1. The van der Waals surface area contributed by atoms with Crippen LogP contribution in [0.3, 0.4) is 0 Å². The first-order chi connectivity index (χ1) is 11.7. The third-order valence-corrected chi connectivity index (χ3v) is 4.64. The predicted molar refractivity (Wildman–Crippen MR) is 88.7 cm³/mol. The van der Waals surface area contributed by atoms with Crippen molar-refractivity contribution in [3.8, 4) is 5.75 Å². The summed E-state index contributed by atoms with van der Waals surface area (Å²) in [5.74, 6) is 0.634. The highest BCUT2D eigenvalue weighted by atomic mass is 16.5. The van der Waals surface area contributed by atoms with E-state index in [9.17, 15) is 9.59 Å². The maximum atomic E-state index is 12.3. The second kappa shape index (κ2) is 7.66. The molecule has 2 amide bonds. The molecule has 3 rings (SSSR count). The van der Waals surface area contributed by atoms with Crippen molar-refractivity contribution >= 4 is 11.8 Å². The molecule has 24 heavy (non-hydrogen) atoms. The molecular weight excluding hydrogens is 308 g/mol. The molecule has 0 spiro atoms. The van der Waals surface area contributed by atoms with E-state index in [1.807, 2.05) is 29.2 Å². The minimum absolute atomic E-state index is 0.00452. The van der Waals surface area contributed by atoms with Crippen LogP contribution in [0.4, 0.5) is 0 Å². The summed E-state index contributed by atoms with van der Waals surface area (Å²) in [5.41, 5.74) is 1.15. The molecule has 1 saturated carbocycles. The van der Waals surface area contributed by atoms with Crippen LogP contribution in [-0.4, -0.2) is 56.7 Å². The Morgan fingerprint density at radius 3 is 2.58 bits per heavy atom. The van der Waals surface area contributed by atoms with Crippen molar-refractivity contribution in [3.63, 3.8) is 0 Å². The summed E-state index contributed by atoms with van der Waals surface area (Å²) < 4.78 is 10.4. The Morgan fingerprint density at radius 2 is 1.92 bits per heavy atom. The second-order valence-electron chi connectivity index (χ2n) is 6.28. The van der Waals surface area contributed by atoms with Gasteiger partial charge in [0.2, 0.25) is 11.8 Å². The summed E-state index contributed by atoms with van der Waals surface area (Å²) in [7, 11) is 1.64. The van der Waals surface area contributed by atoms with Crippen LogP contribution in [0.2, 0.25) is 0 Å². The number of rotatable bonds is 6. The Balaban J connectivity index is 1.39. The van der Waals surface area contributed by atoms with E-state index in [0.717, 1.165) is 17.7 Å². The van der Waals surface area contributed by atoms with Crippen LogP contribution < -0.4 is 10.1 Å². The molecule has 1 saturated heterocycles. The van der Waals surface area contributed by atoms with Crippen molar-refractivity contribution in [2.75, 3.05) is 40.0 Å². The van der Waals surface area contributed by atoms with Crippen molar-refractivity contribution in [2.45, 2.75) is 12.8 Å². The van der Waals surface area contributed by atoms with Gasteiger partial charge in [-0.3, -0.25) is 9.59 Å². The lowest BCUT2D eigenvalue weighted by Crippen LogP contribution is -2.42. The highest BCUT2D eigenvalue weighted by molar-refractivity contribution is 5.92. The summed E-state index contributed by atoms with van der Waals surface area (Å²) in [4.78, 5) is 26.3. The molecule has 6 heteroatoms. The molecule has 1 N–H and O–H groups in total. The molecule has 1 aromatic carbocycles. The minimum Gasteiger partial charge on any atom is -0.497 e. The first-order valence-corrected chi connectivity index (χ1v) is 8.46. The molecule has 1 aromatic rings. The van der Waals surface area contributed by atoms with Gasteiger partial charge in [-0.2, -0.15) is 0 Å². The van der Waals surface area contributed by atoms with E-state index in [1.165, 1.54) is 0 Å². The van der Waals surface area contributed by atoms with Gasteiger partial charge >= 0.3 is 0 Å². The second-order valence-corrected chi connectivity index (χ2v) is 6.28. The van der Waals surface area contributed by atoms with Gasteiger partial charge in [-0.25, -0.2) is 0 Å². The fourth-order valence-corrected chi connectivity index (χ4v) is 3.03. The maximum absolute atomic E-state index is 12.3. The number of carbonyl (C=O) groups is 2. The van der Waals surface area contributed by atoms with Gasteiger partial charge in [-0.15, -0.1) is 0 Å². The number of hydrogen-bond donors (Lipinski definition) is 1. The molecule has 2 fully saturated rings. The molecule has 130 valence electrons. The van der Waals surface area contributed by atoms with Crippen molar-refractivity contribution in [1.29, 1.82) is 0 Å². The van der Waals surface area contributed by atoms with E-state index < -0.39 is 0 Å². The monoisotopic (exact) mass is 332 g/mol. The average Bonchev–Trinajstić information content (AvgIpc) is 3.43. The van der Waals surface area contributed by atoms with E-state index in [1.54, 1.807) is 7.11 Å². The third kappa shape index (κ3) is 4.06. The van der Waals surface area contributed by atoms with Gasteiger partial charge in [0.1, 0.15) is 5.75 Å². The van der Waals surface area contributed by atoms with Gasteiger partial charge in [0.05, 0.1) is 32.2 Å². The number of hydrogen-bond acceptors (Lipinski definition) is 4. The Labute approximate surface area is 142 Å². The van der Waals surface area contributed by atoms with Crippen LogP contribution in [0, 0.1) is 11.8 Å². The first kappa shape index (κ1) is 16.8. The summed E-state index contributed by atoms with van der Waals surface area (Å²) >= 11 is 0. The normalized spacial score (nSPS) is 22.8. The van der Waals surface area contributed by atoms with Crippen molar-refractivity contribution in [1.82, 2.24) is 10.2 Å². The quantitative estimate of drug-likeness (QED) is 0.839. The minimum atomic E-state index is -0.156. The average molecular weight is 332 g/mol. The SMILES string of the molecule is COc1ccc(CCNC(=O)C2CC2C(=O)N2CCOCC2)cc1. The van der Waals surface area contributed by atoms with Crippen LogP contribution in [0.15, 0.2) is 24.3 Å². The van der Waals surface area contributed by atoms with Crippen LogP contribution in [0.25, 0.3) is 0 Å². The van der Waals surface area contributed by atoms with E-state index >= 15 is 0 Å². The largest absolute Gasteiger partial charge is 0.497 e. The standard InChI is InChI=1S/C18H24N2O4/c1-23-14-4-2-13(3-5-14)6-7-19-17(21)15-12-16(15)18(22)20-8-10-24-11-9-20/h2-5,15-16H,6-12H2,1H3,(H,19,21). The number of nitrogens with one attached hydrogen (secondary N) is 1. The molecule has 6 nitrogen and oxygen atoms in total. The molecule has 0 radical (unpaired) electrons. The van der Waals surface area contributed by atoms with E-state index in [0.29, 0.717) is 39.3 Å². The lowest BCUT2D eigenvalue weighted by atomic mass is 10.1. The van der Waals surface area contributed by atoms with Gasteiger partial charge in [0, 0.05) is 19.6 Å². The van der Waals surface area contributed by atoms with Crippen LogP contribution in [0.1, 0.15) is 12.0 Å². The number of amides is 2. The highest BCUT2D eigenvalue weighted by Gasteiger charge is 2.49. The van der Waals surface area contributed by atoms with Crippen molar-refractivity contribution in [3.05, 3.63) is 29.8 Å². The summed E-state index contributed by atoms with van der Waals surface area (Å²) in [6.45, 7) is 3.05. The van der Waals surface area contributed by atoms with Crippen LogP contribution in [-0.2, 0) is 20.7 Å². The number of nitrogens with zero attached hydrogens (tertiary/aromatic N) is 1. The van der Waals surface area contributed by atoms with Gasteiger partial charge < -0.3 is 19.7 Å². The lowest BCUT2D eigenvalue weighted by Gasteiger charge is -2.27. The molecule has 1 heterocycles. The van der Waals surface area contributed by atoms with Crippen LogP contribution >= 0.6 is 0 Å². The fourth-order valence-electron chi connectivity index (χ4n) is 3.03. The fraction of sp³-hybridized carbons (Fsp3) is 0.556. The molecule has 2 atom stereocenters. The van der Waals surface area contributed by atoms with Crippen molar-refractivity contribution < 1.29 is 19.1 Å². The number of morpholine rings is 1. The summed E-state index contributed by atoms with van der Waals surface area (Å²) in [5, 5.41) is 2.94. The molecule has 2 unspecified atom stereocenters. The Bertz CT molecular complexity index is 581. The summed E-state index contributed by atoms with van der Waals surface area (Å²) in [6.07, 6.45) is 1.44. The summed E-state index contributed by atoms with van der Waals surface area (Å²) in [6, 6.07) is 7.81. The van der Waals surface area contributed by atoms with Gasteiger partial charge in [-0.1, -0.05) is 12.1 Å². The Hall–Kier alpha value is -2.08. The van der Waals surface area contributed by atoms with Gasteiger partial charge in [-0.05, 0) is 30.5 Å². The number of carbonyl (C=O) groups excluding carboxylic acids is 2. The molecule has 1 aliphatic heterocycles.